The van der Waals surface area contributed by atoms with Crippen LogP contribution in [0, 0.1) is 6.92 Å². The molecule has 3 aromatic heterocycles. The van der Waals surface area contributed by atoms with E-state index in [1.807, 2.05) is 33.2 Å². The number of thioether (sulfide) groups is 1. The van der Waals surface area contributed by atoms with Crippen molar-refractivity contribution in [3.05, 3.63) is 39.7 Å². The van der Waals surface area contributed by atoms with Gasteiger partial charge in [-0.15, -0.1) is 11.3 Å². The summed E-state index contributed by atoms with van der Waals surface area (Å²) in [5.74, 6) is 0.0530. The van der Waals surface area contributed by atoms with Crippen molar-refractivity contribution in [1.29, 1.82) is 0 Å². The van der Waals surface area contributed by atoms with Crippen LogP contribution in [0.4, 0.5) is 5.95 Å². The van der Waals surface area contributed by atoms with Crippen LogP contribution < -0.4 is 10.2 Å². The third-order valence-corrected chi connectivity index (χ3v) is 6.71. The Kier molecular flexibility index (Phi) is 6.39. The van der Waals surface area contributed by atoms with E-state index >= 15 is 0 Å². The molecule has 1 amide bonds. The largest absolute Gasteiger partial charge is 0.375 e. The predicted octanol–water partition coefficient (Wildman–Crippen LogP) is 2.39. The van der Waals surface area contributed by atoms with Gasteiger partial charge in [0.1, 0.15) is 10.5 Å². The Hall–Kier alpha value is -2.56. The number of aryl methyl sites for hydroxylation is 1. The molecule has 0 bridgehead atoms. The minimum atomic E-state index is -1.68. The Morgan fingerprint density at radius 1 is 1.20 bits per heavy atom. The highest BCUT2D eigenvalue weighted by molar-refractivity contribution is 8.00. The van der Waals surface area contributed by atoms with Crippen LogP contribution in [0.2, 0.25) is 0 Å². The van der Waals surface area contributed by atoms with Crippen molar-refractivity contribution in [1.82, 2.24) is 20.3 Å². The van der Waals surface area contributed by atoms with E-state index in [1.165, 1.54) is 25.7 Å². The number of nitrogens with one attached hydrogen (secondary N) is 1. The fraction of sp³-hybridized carbons (Fsp3) is 0.350. The van der Waals surface area contributed by atoms with Crippen molar-refractivity contribution < 1.29 is 14.7 Å². The molecule has 0 aromatic carbocycles. The van der Waals surface area contributed by atoms with Gasteiger partial charge in [-0.2, -0.15) is 0 Å². The number of ketones is 1. The maximum absolute atomic E-state index is 12.8. The van der Waals surface area contributed by atoms with E-state index < -0.39 is 11.5 Å². The number of aliphatic hydroxyl groups is 1. The molecule has 3 rings (SSSR count). The molecule has 0 fully saturated rings. The summed E-state index contributed by atoms with van der Waals surface area (Å²) in [4.78, 5) is 40.9. The van der Waals surface area contributed by atoms with Crippen molar-refractivity contribution in [3.8, 4) is 0 Å². The highest BCUT2D eigenvalue weighted by Gasteiger charge is 2.33. The van der Waals surface area contributed by atoms with Crippen molar-refractivity contribution >= 4 is 51.8 Å². The molecule has 0 radical (unpaired) electrons. The second kappa shape index (κ2) is 8.66. The van der Waals surface area contributed by atoms with Gasteiger partial charge in [-0.3, -0.25) is 9.59 Å². The van der Waals surface area contributed by atoms with Crippen molar-refractivity contribution in [3.63, 3.8) is 0 Å². The third kappa shape index (κ3) is 4.45. The summed E-state index contributed by atoms with van der Waals surface area (Å²) < 4.78 is 0. The first-order chi connectivity index (χ1) is 14.1. The Morgan fingerprint density at radius 3 is 2.60 bits per heavy atom. The lowest BCUT2D eigenvalue weighted by atomic mass is 10.0. The highest BCUT2D eigenvalue weighted by atomic mass is 32.2. The quantitative estimate of drug-likeness (QED) is 0.324. The molecule has 1 atom stereocenters. The van der Waals surface area contributed by atoms with Crippen LogP contribution in [0.1, 0.15) is 27.2 Å². The summed E-state index contributed by atoms with van der Waals surface area (Å²) in [5, 5.41) is 13.5. The lowest BCUT2D eigenvalue weighted by Crippen LogP contribution is -2.39. The van der Waals surface area contributed by atoms with Gasteiger partial charge >= 0.3 is 0 Å². The van der Waals surface area contributed by atoms with E-state index in [4.69, 9.17) is 0 Å². The number of Topliss-reactive ketones (excluding diaryl/α,β-unsaturated/α-hetero) is 1. The molecule has 2 N–H and O–H groups in total. The van der Waals surface area contributed by atoms with Crippen molar-refractivity contribution in [2.75, 3.05) is 31.8 Å². The number of thiophene rings is 1. The lowest BCUT2D eigenvalue weighted by molar-refractivity contribution is -0.138. The first-order valence-corrected chi connectivity index (χ1v) is 11.0. The van der Waals surface area contributed by atoms with E-state index in [9.17, 15) is 14.7 Å². The number of aromatic nitrogens is 3. The van der Waals surface area contributed by atoms with Crippen molar-refractivity contribution in [2.45, 2.75) is 24.5 Å². The molecule has 0 saturated carbocycles. The minimum absolute atomic E-state index is 0.116. The molecule has 0 saturated heterocycles. The molecule has 30 heavy (non-hydrogen) atoms. The van der Waals surface area contributed by atoms with Crippen LogP contribution in [0.15, 0.2) is 29.3 Å². The number of nitrogens with zero attached hydrogens (tertiary/aromatic N) is 4. The Labute approximate surface area is 182 Å². The second-order valence-electron chi connectivity index (χ2n) is 7.07. The zero-order valence-corrected chi connectivity index (χ0v) is 19.0. The summed E-state index contributed by atoms with van der Waals surface area (Å²) in [7, 11) is 5.17. The van der Waals surface area contributed by atoms with Crippen molar-refractivity contribution in [2.24, 2.45) is 0 Å². The standard InChI is InChI=1S/C20H23N5O3S2/c1-11-6-7-12-16(22-11)17(24-19(23-12)25(4)5)29-10-13(26)14-8-9-15(30-14)20(2,28)18(27)21-3/h6-9,28H,10H2,1-5H3,(H,21,27)/t20-/m1/s1. The first kappa shape index (κ1) is 22.1. The first-order valence-electron chi connectivity index (χ1n) is 9.17. The summed E-state index contributed by atoms with van der Waals surface area (Å²) in [6, 6.07) is 7.02. The van der Waals surface area contributed by atoms with Gasteiger partial charge < -0.3 is 15.3 Å². The van der Waals surface area contributed by atoms with E-state index in [0.29, 0.717) is 31.8 Å². The molecule has 0 spiro atoms. The number of hydrogen-bond donors (Lipinski definition) is 2. The molecular formula is C20H23N5O3S2. The van der Waals surface area contributed by atoms with Gasteiger partial charge in [-0.25, -0.2) is 15.0 Å². The molecule has 158 valence electrons. The lowest BCUT2D eigenvalue weighted by Gasteiger charge is -2.19. The summed E-state index contributed by atoms with van der Waals surface area (Å²) in [6.45, 7) is 3.30. The summed E-state index contributed by atoms with van der Waals surface area (Å²) in [5.41, 5.74) is 0.536. The fourth-order valence-corrected chi connectivity index (χ4v) is 4.62. The van der Waals surface area contributed by atoms with Gasteiger partial charge in [0.25, 0.3) is 5.91 Å². The van der Waals surface area contributed by atoms with Gasteiger partial charge in [0, 0.05) is 31.7 Å². The number of hydrogen-bond acceptors (Lipinski definition) is 9. The average Bonchev–Trinajstić information content (AvgIpc) is 3.22. The molecule has 0 aliphatic rings. The monoisotopic (exact) mass is 445 g/mol. The smallest absolute Gasteiger partial charge is 0.256 e. The third-order valence-electron chi connectivity index (χ3n) is 4.41. The Bertz CT molecular complexity index is 1110. The molecule has 3 aromatic rings. The highest BCUT2D eigenvalue weighted by Crippen LogP contribution is 2.31. The minimum Gasteiger partial charge on any atom is -0.375 e. The van der Waals surface area contributed by atoms with Gasteiger partial charge in [0.05, 0.1) is 16.1 Å². The molecule has 0 aliphatic heterocycles. The topological polar surface area (TPSA) is 108 Å². The zero-order valence-electron chi connectivity index (χ0n) is 17.4. The van der Waals surface area contributed by atoms with Gasteiger partial charge in [-0.1, -0.05) is 11.8 Å². The number of rotatable bonds is 7. The van der Waals surface area contributed by atoms with E-state index in [0.717, 1.165) is 17.0 Å². The molecule has 10 heteroatoms. The van der Waals surface area contributed by atoms with E-state index in [1.54, 1.807) is 17.0 Å². The number of carbonyl (C=O) groups excluding carboxylic acids is 2. The van der Waals surface area contributed by atoms with E-state index in [-0.39, 0.29) is 11.5 Å². The van der Waals surface area contributed by atoms with Gasteiger partial charge in [-0.05, 0) is 38.1 Å². The van der Waals surface area contributed by atoms with E-state index in [2.05, 4.69) is 20.3 Å². The number of fused-ring (bicyclic) bond motifs is 1. The summed E-state index contributed by atoms with van der Waals surface area (Å²) >= 11 is 2.41. The number of carbonyl (C=O) groups is 2. The molecule has 0 unspecified atom stereocenters. The molecule has 0 aliphatic carbocycles. The number of anilines is 1. The molecule has 8 nitrogen and oxygen atoms in total. The fourth-order valence-electron chi connectivity index (χ4n) is 2.68. The average molecular weight is 446 g/mol. The number of pyridine rings is 1. The van der Waals surface area contributed by atoms with Crippen LogP contribution in [-0.2, 0) is 10.4 Å². The van der Waals surface area contributed by atoms with Gasteiger partial charge in [0.2, 0.25) is 5.95 Å². The van der Waals surface area contributed by atoms with Crippen LogP contribution >= 0.6 is 23.1 Å². The number of amides is 1. The Balaban J connectivity index is 1.84. The molecular weight excluding hydrogens is 422 g/mol. The van der Waals surface area contributed by atoms with Crippen LogP contribution in [0.5, 0.6) is 0 Å². The predicted molar refractivity (Wildman–Crippen MR) is 119 cm³/mol. The number of likely N-dealkylation sites (N-methyl/N-ethyl adjacent to an activating group) is 1. The SMILES string of the molecule is CNC(=O)[C@](C)(O)c1ccc(C(=O)CSc2nc(N(C)C)nc3ccc(C)nc23)s1. The van der Waals surface area contributed by atoms with Crippen LogP contribution in [-0.4, -0.2) is 58.6 Å². The normalized spacial score (nSPS) is 13.1. The second-order valence-corrected chi connectivity index (χ2v) is 9.12. The maximum Gasteiger partial charge on any atom is 0.256 e. The Morgan fingerprint density at radius 2 is 1.93 bits per heavy atom. The maximum atomic E-state index is 12.8. The van der Waals surface area contributed by atoms with Crippen LogP contribution in [0.25, 0.3) is 11.0 Å². The molecule has 3 heterocycles. The van der Waals surface area contributed by atoms with Crippen LogP contribution in [0.3, 0.4) is 0 Å². The van der Waals surface area contributed by atoms with Gasteiger partial charge in [0.15, 0.2) is 11.4 Å². The summed E-state index contributed by atoms with van der Waals surface area (Å²) in [6.07, 6.45) is 0. The zero-order chi connectivity index (χ0) is 22.1.